The number of anilines is 1. The van der Waals surface area contributed by atoms with E-state index in [9.17, 15) is 4.79 Å². The Labute approximate surface area is 136 Å². The van der Waals surface area contributed by atoms with Crippen LogP contribution in [0.1, 0.15) is 30.5 Å². The molecular weight excluding hydrogens is 284 g/mol. The molecule has 0 aliphatic rings. The lowest BCUT2D eigenvalue weighted by Gasteiger charge is -2.24. The summed E-state index contributed by atoms with van der Waals surface area (Å²) in [5, 5.41) is 4.17. The fourth-order valence-corrected chi connectivity index (χ4v) is 2.94. The number of hydrogen-bond donors (Lipinski definition) is 2. The van der Waals surface area contributed by atoms with Gasteiger partial charge in [-0.1, -0.05) is 35.9 Å². The Morgan fingerprint density at radius 2 is 1.83 bits per heavy atom. The molecule has 0 saturated heterocycles. The molecule has 3 heteroatoms. The van der Waals surface area contributed by atoms with Crippen molar-refractivity contribution in [2.24, 2.45) is 0 Å². The molecule has 0 fully saturated rings. The van der Waals surface area contributed by atoms with Gasteiger partial charge < -0.3 is 10.3 Å². The topological polar surface area (TPSA) is 44.9 Å². The molecule has 1 aromatic heterocycles. The van der Waals surface area contributed by atoms with E-state index < -0.39 is 5.41 Å². The lowest BCUT2D eigenvalue weighted by molar-refractivity contribution is -0.120. The Hall–Kier alpha value is -2.55. The highest BCUT2D eigenvalue weighted by atomic mass is 16.2. The van der Waals surface area contributed by atoms with Crippen LogP contribution in [0, 0.1) is 13.8 Å². The molecule has 23 heavy (non-hydrogen) atoms. The molecule has 0 saturated carbocycles. The molecule has 3 nitrogen and oxygen atoms in total. The first kappa shape index (κ1) is 15.3. The van der Waals surface area contributed by atoms with Crippen LogP contribution < -0.4 is 5.32 Å². The first-order chi connectivity index (χ1) is 10.9. The van der Waals surface area contributed by atoms with Crippen LogP contribution in [0.15, 0.2) is 48.7 Å². The second-order valence-electron chi connectivity index (χ2n) is 6.65. The molecule has 0 spiro atoms. The number of benzene rings is 2. The minimum atomic E-state index is -0.628. The third-order valence-corrected chi connectivity index (χ3v) is 4.46. The van der Waals surface area contributed by atoms with Gasteiger partial charge in [0.25, 0.3) is 0 Å². The van der Waals surface area contributed by atoms with Crippen LogP contribution in [-0.2, 0) is 10.2 Å². The lowest BCUT2D eigenvalue weighted by atomic mass is 9.83. The minimum Gasteiger partial charge on any atom is -0.361 e. The van der Waals surface area contributed by atoms with Crippen molar-refractivity contribution >= 4 is 22.5 Å². The van der Waals surface area contributed by atoms with Gasteiger partial charge in [0.1, 0.15) is 0 Å². The number of hydrogen-bond acceptors (Lipinski definition) is 1. The Morgan fingerprint density at radius 1 is 1.09 bits per heavy atom. The molecule has 3 rings (SSSR count). The van der Waals surface area contributed by atoms with Crippen LogP contribution in [-0.4, -0.2) is 10.9 Å². The number of aromatic nitrogens is 1. The second-order valence-corrected chi connectivity index (χ2v) is 6.65. The highest BCUT2D eigenvalue weighted by Gasteiger charge is 2.32. The van der Waals surface area contributed by atoms with Gasteiger partial charge >= 0.3 is 0 Å². The van der Waals surface area contributed by atoms with Crippen LogP contribution in [0.5, 0.6) is 0 Å². The Bertz CT molecular complexity index is 874. The maximum absolute atomic E-state index is 12.9. The predicted octanol–water partition coefficient (Wildman–Crippen LogP) is 4.70. The van der Waals surface area contributed by atoms with E-state index in [-0.39, 0.29) is 5.91 Å². The zero-order chi connectivity index (χ0) is 16.6. The summed E-state index contributed by atoms with van der Waals surface area (Å²) in [4.78, 5) is 16.1. The van der Waals surface area contributed by atoms with Gasteiger partial charge in [0, 0.05) is 22.8 Å². The lowest BCUT2D eigenvalue weighted by Crippen LogP contribution is -2.34. The largest absolute Gasteiger partial charge is 0.361 e. The van der Waals surface area contributed by atoms with Crippen molar-refractivity contribution in [1.29, 1.82) is 0 Å². The molecule has 1 amide bonds. The summed E-state index contributed by atoms with van der Waals surface area (Å²) in [6.45, 7) is 7.98. The van der Waals surface area contributed by atoms with Crippen molar-refractivity contribution in [3.8, 4) is 0 Å². The van der Waals surface area contributed by atoms with Crippen molar-refractivity contribution < 1.29 is 4.79 Å². The normalized spacial score (nSPS) is 11.7. The monoisotopic (exact) mass is 306 g/mol. The molecule has 0 atom stereocenters. The Kier molecular flexibility index (Phi) is 3.72. The van der Waals surface area contributed by atoms with Crippen molar-refractivity contribution in [1.82, 2.24) is 4.98 Å². The van der Waals surface area contributed by atoms with Gasteiger partial charge in [0.15, 0.2) is 0 Å². The number of amides is 1. The first-order valence-electron chi connectivity index (χ1n) is 7.85. The number of aryl methyl sites for hydroxylation is 2. The van der Waals surface area contributed by atoms with Crippen molar-refractivity contribution in [3.05, 3.63) is 65.4 Å². The molecule has 0 bridgehead atoms. The third-order valence-electron chi connectivity index (χ3n) is 4.46. The number of H-pyrrole nitrogens is 1. The third kappa shape index (κ3) is 2.74. The average Bonchev–Trinajstić information content (AvgIpc) is 2.94. The summed E-state index contributed by atoms with van der Waals surface area (Å²) in [5.74, 6) is -0.00536. The molecule has 0 aliphatic carbocycles. The molecule has 118 valence electrons. The molecular formula is C20H22N2O. The minimum absolute atomic E-state index is 0.00536. The molecule has 0 unspecified atom stereocenters. The van der Waals surface area contributed by atoms with E-state index in [1.54, 1.807) is 0 Å². The molecule has 3 aromatic rings. The van der Waals surface area contributed by atoms with Crippen LogP contribution in [0.25, 0.3) is 10.9 Å². The van der Waals surface area contributed by atoms with Gasteiger partial charge in [-0.05, 0) is 51.0 Å². The van der Waals surface area contributed by atoms with Crippen molar-refractivity contribution in [2.45, 2.75) is 33.1 Å². The van der Waals surface area contributed by atoms with E-state index >= 15 is 0 Å². The number of nitrogens with one attached hydrogen (secondary N) is 2. The van der Waals surface area contributed by atoms with Crippen LogP contribution in [0.2, 0.25) is 0 Å². The Balaban J connectivity index is 1.94. The molecule has 1 heterocycles. The van der Waals surface area contributed by atoms with Gasteiger partial charge in [-0.2, -0.15) is 0 Å². The molecule has 2 aromatic carbocycles. The highest BCUT2D eigenvalue weighted by Crippen LogP contribution is 2.32. The standard InChI is InChI=1S/C20H22N2O/c1-13-9-10-17(14(2)11-13)22-19(23)20(3,4)16-12-21-18-8-6-5-7-15(16)18/h5-12,21H,1-4H3,(H,22,23). The van der Waals surface area contributed by atoms with Crippen LogP contribution in [0.4, 0.5) is 5.69 Å². The average molecular weight is 306 g/mol. The van der Waals surface area contributed by atoms with Gasteiger partial charge in [0.05, 0.1) is 5.41 Å². The van der Waals surface area contributed by atoms with Gasteiger partial charge in [0.2, 0.25) is 5.91 Å². The van der Waals surface area contributed by atoms with Crippen LogP contribution >= 0.6 is 0 Å². The smallest absolute Gasteiger partial charge is 0.234 e. The first-order valence-corrected chi connectivity index (χ1v) is 7.85. The number of para-hydroxylation sites is 1. The zero-order valence-electron chi connectivity index (χ0n) is 14.0. The number of fused-ring (bicyclic) bond motifs is 1. The molecule has 2 N–H and O–H groups in total. The van der Waals surface area contributed by atoms with Gasteiger partial charge in [-0.25, -0.2) is 0 Å². The van der Waals surface area contributed by atoms with E-state index in [4.69, 9.17) is 0 Å². The summed E-state index contributed by atoms with van der Waals surface area (Å²) < 4.78 is 0. The fraction of sp³-hybridized carbons (Fsp3) is 0.250. The quantitative estimate of drug-likeness (QED) is 0.723. The van der Waals surface area contributed by atoms with E-state index in [1.165, 1.54) is 5.56 Å². The summed E-state index contributed by atoms with van der Waals surface area (Å²) in [7, 11) is 0. The Morgan fingerprint density at radius 3 is 2.57 bits per heavy atom. The molecule has 0 aliphatic heterocycles. The number of aromatic amines is 1. The van der Waals surface area contributed by atoms with Crippen molar-refractivity contribution in [3.63, 3.8) is 0 Å². The summed E-state index contributed by atoms with van der Waals surface area (Å²) >= 11 is 0. The number of carbonyl (C=O) groups excluding carboxylic acids is 1. The van der Waals surface area contributed by atoms with E-state index in [1.807, 2.05) is 63.4 Å². The van der Waals surface area contributed by atoms with E-state index in [2.05, 4.69) is 23.3 Å². The van der Waals surface area contributed by atoms with Gasteiger partial charge in [-0.15, -0.1) is 0 Å². The maximum Gasteiger partial charge on any atom is 0.234 e. The summed E-state index contributed by atoms with van der Waals surface area (Å²) in [5.41, 5.74) is 4.57. The second kappa shape index (κ2) is 5.58. The zero-order valence-corrected chi connectivity index (χ0v) is 14.0. The summed E-state index contributed by atoms with van der Waals surface area (Å²) in [6.07, 6.45) is 1.94. The predicted molar refractivity (Wildman–Crippen MR) is 95.9 cm³/mol. The summed E-state index contributed by atoms with van der Waals surface area (Å²) in [6, 6.07) is 14.1. The highest BCUT2D eigenvalue weighted by molar-refractivity contribution is 6.02. The van der Waals surface area contributed by atoms with Crippen molar-refractivity contribution in [2.75, 3.05) is 5.32 Å². The SMILES string of the molecule is Cc1ccc(NC(=O)C(C)(C)c2c[nH]c3ccccc23)c(C)c1. The maximum atomic E-state index is 12.9. The number of carbonyl (C=O) groups is 1. The molecule has 0 radical (unpaired) electrons. The van der Waals surface area contributed by atoms with E-state index in [0.717, 1.165) is 27.7 Å². The van der Waals surface area contributed by atoms with Gasteiger partial charge in [-0.3, -0.25) is 4.79 Å². The van der Waals surface area contributed by atoms with Crippen LogP contribution in [0.3, 0.4) is 0 Å². The number of rotatable bonds is 3. The fourth-order valence-electron chi connectivity index (χ4n) is 2.94. The van der Waals surface area contributed by atoms with E-state index in [0.29, 0.717) is 0 Å².